The van der Waals surface area contributed by atoms with Crippen LogP contribution in [0.3, 0.4) is 0 Å². The molecule has 1 aromatic heterocycles. The van der Waals surface area contributed by atoms with E-state index in [1.165, 1.54) is 0 Å². The SMILES string of the molecule is N#Cc1cc(Br)ccc1Cn1ccnn1. The molecule has 1 aromatic carbocycles. The average Bonchev–Trinajstić information content (AvgIpc) is 2.73. The molecule has 1 heterocycles. The van der Waals surface area contributed by atoms with Crippen LogP contribution in [0.15, 0.2) is 35.1 Å². The number of nitriles is 1. The van der Waals surface area contributed by atoms with Crippen molar-refractivity contribution < 1.29 is 0 Å². The van der Waals surface area contributed by atoms with Gasteiger partial charge in [0, 0.05) is 10.7 Å². The smallest absolute Gasteiger partial charge is 0.0995 e. The summed E-state index contributed by atoms with van der Waals surface area (Å²) in [5.41, 5.74) is 1.59. The highest BCUT2D eigenvalue weighted by Gasteiger charge is 2.03. The summed E-state index contributed by atoms with van der Waals surface area (Å²) in [7, 11) is 0. The van der Waals surface area contributed by atoms with Crippen molar-refractivity contribution in [2.24, 2.45) is 0 Å². The highest BCUT2D eigenvalue weighted by atomic mass is 79.9. The van der Waals surface area contributed by atoms with Crippen molar-refractivity contribution in [3.8, 4) is 6.07 Å². The van der Waals surface area contributed by atoms with E-state index in [1.54, 1.807) is 23.1 Å². The fourth-order valence-electron chi connectivity index (χ4n) is 1.28. The zero-order valence-corrected chi connectivity index (χ0v) is 9.35. The van der Waals surface area contributed by atoms with Crippen molar-refractivity contribution in [1.82, 2.24) is 15.0 Å². The number of nitrogens with zero attached hydrogens (tertiary/aromatic N) is 4. The Labute approximate surface area is 95.3 Å². The van der Waals surface area contributed by atoms with Crippen molar-refractivity contribution in [1.29, 1.82) is 5.26 Å². The predicted octanol–water partition coefficient (Wildman–Crippen LogP) is 1.96. The van der Waals surface area contributed by atoms with Crippen molar-refractivity contribution in [3.05, 3.63) is 46.2 Å². The Morgan fingerprint density at radius 2 is 2.33 bits per heavy atom. The maximum atomic E-state index is 8.96. The molecule has 0 aliphatic carbocycles. The van der Waals surface area contributed by atoms with Gasteiger partial charge in [0.15, 0.2) is 0 Å². The van der Waals surface area contributed by atoms with Crippen molar-refractivity contribution in [2.75, 3.05) is 0 Å². The van der Waals surface area contributed by atoms with Gasteiger partial charge in [-0.1, -0.05) is 27.2 Å². The van der Waals surface area contributed by atoms with Crippen LogP contribution in [0, 0.1) is 11.3 Å². The minimum atomic E-state index is 0.566. The molecule has 0 bridgehead atoms. The molecule has 0 aliphatic rings. The molecule has 0 amide bonds. The zero-order chi connectivity index (χ0) is 10.7. The van der Waals surface area contributed by atoms with Crippen LogP contribution in [0.1, 0.15) is 11.1 Å². The van der Waals surface area contributed by atoms with Crippen LogP contribution in [0.25, 0.3) is 0 Å². The average molecular weight is 263 g/mol. The van der Waals surface area contributed by atoms with E-state index in [0.717, 1.165) is 10.0 Å². The Balaban J connectivity index is 2.33. The van der Waals surface area contributed by atoms with Gasteiger partial charge in [0.2, 0.25) is 0 Å². The summed E-state index contributed by atoms with van der Waals surface area (Å²) in [4.78, 5) is 0. The first-order valence-electron chi connectivity index (χ1n) is 4.32. The van der Waals surface area contributed by atoms with E-state index in [1.807, 2.05) is 12.1 Å². The fraction of sp³-hybridized carbons (Fsp3) is 0.100. The number of rotatable bonds is 2. The van der Waals surface area contributed by atoms with Crippen molar-refractivity contribution in [3.63, 3.8) is 0 Å². The molecule has 0 N–H and O–H groups in total. The minimum absolute atomic E-state index is 0.566. The molecule has 0 spiro atoms. The van der Waals surface area contributed by atoms with Gasteiger partial charge in [0.05, 0.1) is 24.4 Å². The topological polar surface area (TPSA) is 54.5 Å². The Hall–Kier alpha value is -1.67. The van der Waals surface area contributed by atoms with Crippen molar-refractivity contribution >= 4 is 15.9 Å². The molecule has 2 rings (SSSR count). The molecule has 0 radical (unpaired) electrons. The van der Waals surface area contributed by atoms with Crippen molar-refractivity contribution in [2.45, 2.75) is 6.54 Å². The van der Waals surface area contributed by atoms with Crippen LogP contribution in [0.4, 0.5) is 0 Å². The van der Waals surface area contributed by atoms with E-state index < -0.39 is 0 Å². The Kier molecular flexibility index (Phi) is 2.79. The zero-order valence-electron chi connectivity index (χ0n) is 7.76. The van der Waals surface area contributed by atoms with E-state index >= 15 is 0 Å². The third-order valence-corrected chi connectivity index (χ3v) is 2.49. The molecule has 0 aliphatic heterocycles. The molecule has 0 saturated carbocycles. The second-order valence-corrected chi connectivity index (χ2v) is 3.93. The van der Waals surface area contributed by atoms with Crippen LogP contribution in [-0.2, 0) is 6.54 Å². The van der Waals surface area contributed by atoms with E-state index in [9.17, 15) is 0 Å². The number of hydrogen-bond acceptors (Lipinski definition) is 3. The Bertz CT molecular complexity index is 499. The van der Waals surface area contributed by atoms with Gasteiger partial charge in [0.1, 0.15) is 0 Å². The number of benzene rings is 1. The number of halogens is 1. The van der Waals surface area contributed by atoms with Gasteiger partial charge >= 0.3 is 0 Å². The lowest BCUT2D eigenvalue weighted by Gasteiger charge is -2.03. The molecular weight excluding hydrogens is 256 g/mol. The van der Waals surface area contributed by atoms with Crippen LogP contribution in [0.2, 0.25) is 0 Å². The molecule has 2 aromatic rings. The van der Waals surface area contributed by atoms with Gasteiger partial charge in [-0.15, -0.1) is 5.10 Å². The third-order valence-electron chi connectivity index (χ3n) is 2.00. The van der Waals surface area contributed by atoms with Crippen LogP contribution < -0.4 is 0 Å². The van der Waals surface area contributed by atoms with E-state index in [4.69, 9.17) is 5.26 Å². The van der Waals surface area contributed by atoms with Crippen LogP contribution >= 0.6 is 15.9 Å². The first-order valence-corrected chi connectivity index (χ1v) is 5.11. The van der Waals surface area contributed by atoms with Gasteiger partial charge in [-0.25, -0.2) is 4.68 Å². The minimum Gasteiger partial charge on any atom is -0.248 e. The standard InChI is InChI=1S/C10H7BrN4/c11-10-2-1-8(9(5-10)6-12)7-15-4-3-13-14-15/h1-5H,7H2. The van der Waals surface area contributed by atoms with Gasteiger partial charge in [-0.05, 0) is 17.7 Å². The molecule has 0 atom stereocenters. The third kappa shape index (κ3) is 2.22. The lowest BCUT2D eigenvalue weighted by atomic mass is 10.1. The number of aromatic nitrogens is 3. The molecule has 74 valence electrons. The second kappa shape index (κ2) is 4.24. The highest BCUT2D eigenvalue weighted by Crippen LogP contribution is 2.16. The molecule has 5 heteroatoms. The molecule has 15 heavy (non-hydrogen) atoms. The summed E-state index contributed by atoms with van der Waals surface area (Å²) in [6.07, 6.45) is 3.38. The molecular formula is C10H7BrN4. The summed E-state index contributed by atoms with van der Waals surface area (Å²) < 4.78 is 2.59. The highest BCUT2D eigenvalue weighted by molar-refractivity contribution is 9.10. The van der Waals surface area contributed by atoms with Crippen LogP contribution in [0.5, 0.6) is 0 Å². The van der Waals surface area contributed by atoms with Gasteiger partial charge in [-0.3, -0.25) is 0 Å². The summed E-state index contributed by atoms with van der Waals surface area (Å²) in [6, 6.07) is 7.77. The van der Waals surface area contributed by atoms with E-state index in [0.29, 0.717) is 12.1 Å². The second-order valence-electron chi connectivity index (χ2n) is 3.01. The summed E-state index contributed by atoms with van der Waals surface area (Å²) >= 11 is 3.33. The predicted molar refractivity (Wildman–Crippen MR) is 58.0 cm³/mol. The van der Waals surface area contributed by atoms with Gasteiger partial charge in [0.25, 0.3) is 0 Å². The lowest BCUT2D eigenvalue weighted by Crippen LogP contribution is -2.02. The Morgan fingerprint density at radius 3 is 3.00 bits per heavy atom. The molecule has 4 nitrogen and oxygen atoms in total. The first-order chi connectivity index (χ1) is 7.29. The summed E-state index contributed by atoms with van der Waals surface area (Å²) in [5, 5.41) is 16.5. The monoisotopic (exact) mass is 262 g/mol. The summed E-state index contributed by atoms with van der Waals surface area (Å²) in [6.45, 7) is 0.566. The molecule has 0 fully saturated rings. The normalized spacial score (nSPS) is 9.87. The van der Waals surface area contributed by atoms with Crippen LogP contribution in [-0.4, -0.2) is 15.0 Å². The largest absolute Gasteiger partial charge is 0.248 e. The Morgan fingerprint density at radius 1 is 1.47 bits per heavy atom. The van der Waals surface area contributed by atoms with E-state index in [-0.39, 0.29) is 0 Å². The van der Waals surface area contributed by atoms with E-state index in [2.05, 4.69) is 32.3 Å². The molecule has 0 unspecified atom stereocenters. The maximum absolute atomic E-state index is 8.96. The molecule has 0 saturated heterocycles. The quantitative estimate of drug-likeness (QED) is 0.832. The summed E-state index contributed by atoms with van der Waals surface area (Å²) in [5.74, 6) is 0. The first kappa shape index (κ1) is 9.87. The maximum Gasteiger partial charge on any atom is 0.0995 e. The fourth-order valence-corrected chi connectivity index (χ4v) is 1.64. The van der Waals surface area contributed by atoms with Gasteiger partial charge < -0.3 is 0 Å². The number of hydrogen-bond donors (Lipinski definition) is 0. The van der Waals surface area contributed by atoms with Gasteiger partial charge in [-0.2, -0.15) is 5.26 Å². The lowest BCUT2D eigenvalue weighted by molar-refractivity contribution is 0.649.